The van der Waals surface area contributed by atoms with E-state index in [-0.39, 0.29) is 11.0 Å². The molecule has 0 radical (unpaired) electrons. The molecule has 0 atom stereocenters. The van der Waals surface area contributed by atoms with Crippen LogP contribution in [0.15, 0.2) is 20.8 Å². The number of pyridine rings is 2. The van der Waals surface area contributed by atoms with Crippen LogP contribution in [-0.4, -0.2) is 9.97 Å². The zero-order valence-electron chi connectivity index (χ0n) is 7.74. The Balaban J connectivity index is 3.13. The van der Waals surface area contributed by atoms with Crippen molar-refractivity contribution in [2.75, 3.05) is 0 Å². The minimum atomic E-state index is -0.386. The van der Waals surface area contributed by atoms with Gasteiger partial charge in [0, 0.05) is 11.1 Å². The number of thiol groups is 2. The first-order chi connectivity index (χ1) is 7.56. The fourth-order valence-electron chi connectivity index (χ4n) is 1.34. The fourth-order valence-corrected chi connectivity index (χ4v) is 2.11. The van der Waals surface area contributed by atoms with Gasteiger partial charge < -0.3 is 9.97 Å². The molecule has 16 heavy (non-hydrogen) atoms. The molecule has 7 heteroatoms. The van der Waals surface area contributed by atoms with Crippen molar-refractivity contribution in [1.82, 2.24) is 9.97 Å². The molecule has 0 bridgehead atoms. The van der Waals surface area contributed by atoms with Crippen LogP contribution in [0.25, 0.3) is 11.0 Å². The zero-order valence-corrected chi connectivity index (χ0v) is 10.3. The van der Waals surface area contributed by atoms with Crippen molar-refractivity contribution < 1.29 is 0 Å². The Hall–Kier alpha value is -1.23. The average Bonchev–Trinajstić information content (AvgIpc) is 2.26. The molecular formula is C9H5N3OS3. The van der Waals surface area contributed by atoms with E-state index in [1.807, 2.05) is 0 Å². The average molecular weight is 267 g/mol. The van der Waals surface area contributed by atoms with Gasteiger partial charge in [0.15, 0.2) is 0 Å². The maximum atomic E-state index is 11.9. The zero-order chi connectivity index (χ0) is 11.9. The maximum absolute atomic E-state index is 11.9. The molecule has 2 N–H and O–H groups in total. The number of hydrogen-bond acceptors (Lipinski definition) is 5. The summed E-state index contributed by atoms with van der Waals surface area (Å²) < 4.78 is 0.390. The van der Waals surface area contributed by atoms with Crippen molar-refractivity contribution in [2.24, 2.45) is 0 Å². The van der Waals surface area contributed by atoms with Gasteiger partial charge >= 0.3 is 0 Å². The van der Waals surface area contributed by atoms with E-state index < -0.39 is 0 Å². The molecule has 0 fully saturated rings. The van der Waals surface area contributed by atoms with Gasteiger partial charge in [-0.15, -0.1) is 25.3 Å². The Kier molecular flexibility index (Phi) is 2.80. The minimum absolute atomic E-state index is 0.0288. The number of H-pyrrole nitrogens is 2. The molecule has 80 valence electrons. The summed E-state index contributed by atoms with van der Waals surface area (Å²) in [6.45, 7) is 0. The van der Waals surface area contributed by atoms with E-state index >= 15 is 0 Å². The van der Waals surface area contributed by atoms with Gasteiger partial charge in [-0.25, -0.2) is 0 Å². The molecule has 2 heterocycles. The third-order valence-corrected chi connectivity index (χ3v) is 3.65. The summed E-state index contributed by atoms with van der Waals surface area (Å²) in [5.41, 5.74) is 0.0839. The molecule has 0 unspecified atom stereocenters. The smallest absolute Gasteiger partial charge is 0.209 e. The summed E-state index contributed by atoms with van der Waals surface area (Å²) >= 11 is 13.4. The molecule has 0 aliphatic rings. The highest BCUT2D eigenvalue weighted by Crippen LogP contribution is 2.24. The van der Waals surface area contributed by atoms with Crippen molar-refractivity contribution in [3.63, 3.8) is 0 Å². The summed E-state index contributed by atoms with van der Waals surface area (Å²) in [4.78, 5) is 18.3. The van der Waals surface area contributed by atoms with Crippen molar-refractivity contribution in [1.29, 1.82) is 5.26 Å². The van der Waals surface area contributed by atoms with Gasteiger partial charge in [-0.1, -0.05) is 12.2 Å². The molecule has 0 saturated carbocycles. The van der Waals surface area contributed by atoms with E-state index in [2.05, 4.69) is 35.2 Å². The molecule has 0 aliphatic heterocycles. The van der Waals surface area contributed by atoms with Gasteiger partial charge in [-0.05, 0) is 0 Å². The van der Waals surface area contributed by atoms with Crippen LogP contribution in [0.3, 0.4) is 0 Å². The van der Waals surface area contributed by atoms with Crippen LogP contribution in [-0.2, 0) is 0 Å². The van der Waals surface area contributed by atoms with Gasteiger partial charge in [0.1, 0.15) is 21.9 Å². The summed E-state index contributed by atoms with van der Waals surface area (Å²) in [6, 6.07) is 1.81. The van der Waals surface area contributed by atoms with Crippen molar-refractivity contribution in [3.05, 3.63) is 26.6 Å². The minimum Gasteiger partial charge on any atom is -0.346 e. The van der Waals surface area contributed by atoms with E-state index in [0.717, 1.165) is 0 Å². The summed E-state index contributed by atoms with van der Waals surface area (Å²) in [6.07, 6.45) is 1.33. The highest BCUT2D eigenvalue weighted by molar-refractivity contribution is 7.84. The summed E-state index contributed by atoms with van der Waals surface area (Å²) in [5, 5.41) is 9.04. The molecule has 0 spiro atoms. The number of nitrogens with one attached hydrogen (secondary N) is 2. The second kappa shape index (κ2) is 3.97. The quantitative estimate of drug-likeness (QED) is 0.436. The Morgan fingerprint density at radius 1 is 1.38 bits per heavy atom. The number of rotatable bonds is 0. The molecule has 2 aromatic rings. The number of nitriles is 1. The lowest BCUT2D eigenvalue weighted by Gasteiger charge is -2.04. The summed E-state index contributed by atoms with van der Waals surface area (Å²) in [5.74, 6) is 0. The third-order valence-electron chi connectivity index (χ3n) is 2.12. The van der Waals surface area contributed by atoms with Crippen LogP contribution >= 0.6 is 37.5 Å². The Morgan fingerprint density at radius 2 is 2.06 bits per heavy atom. The van der Waals surface area contributed by atoms with Gasteiger partial charge in [-0.3, -0.25) is 4.79 Å². The summed E-state index contributed by atoms with van der Waals surface area (Å²) in [7, 11) is 0. The van der Waals surface area contributed by atoms with E-state index in [4.69, 9.17) is 17.5 Å². The normalized spacial score (nSPS) is 10.3. The molecule has 4 nitrogen and oxygen atoms in total. The van der Waals surface area contributed by atoms with Gasteiger partial charge in [-0.2, -0.15) is 5.26 Å². The number of aromatic nitrogens is 2. The molecule has 2 aromatic heterocycles. The van der Waals surface area contributed by atoms with Crippen LogP contribution in [0.2, 0.25) is 0 Å². The number of hydrogen-bond donors (Lipinski definition) is 4. The van der Waals surface area contributed by atoms with Gasteiger partial charge in [0.2, 0.25) is 5.43 Å². The van der Waals surface area contributed by atoms with Crippen molar-refractivity contribution in [3.8, 4) is 6.07 Å². The highest BCUT2D eigenvalue weighted by atomic mass is 32.1. The van der Waals surface area contributed by atoms with E-state index in [0.29, 0.717) is 25.5 Å². The predicted octanol–water partition coefficient (Wildman–Crippen LogP) is 2.03. The lowest BCUT2D eigenvalue weighted by molar-refractivity contribution is 1.13. The number of fused-ring (bicyclic) bond motifs is 1. The molecule has 0 amide bonds. The first-order valence-corrected chi connectivity index (χ1v) is 5.46. The second-order valence-corrected chi connectivity index (χ2v) is 4.35. The fraction of sp³-hybridized carbons (Fsp3) is 0. The van der Waals surface area contributed by atoms with Crippen molar-refractivity contribution in [2.45, 2.75) is 9.79 Å². The Labute approximate surface area is 106 Å². The first-order valence-electron chi connectivity index (χ1n) is 4.16. The van der Waals surface area contributed by atoms with Crippen molar-refractivity contribution >= 4 is 48.5 Å². The standard InChI is InChI=1S/C9H5N3OS3/c10-1-3-2-11-8-4(5(3)13)6(14)7(15)9(16)12-8/h2,15H,(H3,11,12,13,14,16). The predicted molar refractivity (Wildman–Crippen MR) is 69.0 cm³/mol. The lowest BCUT2D eigenvalue weighted by Crippen LogP contribution is -2.09. The van der Waals surface area contributed by atoms with E-state index in [1.165, 1.54) is 6.20 Å². The lowest BCUT2D eigenvalue weighted by atomic mass is 10.2. The largest absolute Gasteiger partial charge is 0.346 e. The van der Waals surface area contributed by atoms with Crippen LogP contribution in [0, 0.1) is 16.0 Å². The highest BCUT2D eigenvalue weighted by Gasteiger charge is 2.11. The molecular weight excluding hydrogens is 262 g/mol. The van der Waals surface area contributed by atoms with Crippen LogP contribution < -0.4 is 5.43 Å². The molecule has 2 rings (SSSR count). The Morgan fingerprint density at radius 3 is 2.69 bits per heavy atom. The first kappa shape index (κ1) is 11.3. The SMILES string of the molecule is N#Cc1c[nH]c2[nH]c(=S)c(S)c(S)c2c1=O. The van der Waals surface area contributed by atoms with Crippen LogP contribution in [0.5, 0.6) is 0 Å². The second-order valence-electron chi connectivity index (χ2n) is 3.04. The third kappa shape index (κ3) is 1.55. The number of aromatic amines is 2. The van der Waals surface area contributed by atoms with Crippen LogP contribution in [0.4, 0.5) is 0 Å². The topological polar surface area (TPSA) is 72.4 Å². The van der Waals surface area contributed by atoms with Crippen LogP contribution in [0.1, 0.15) is 5.56 Å². The van der Waals surface area contributed by atoms with E-state index in [1.54, 1.807) is 6.07 Å². The Bertz CT molecular complexity index is 738. The maximum Gasteiger partial charge on any atom is 0.209 e. The molecule has 0 aromatic carbocycles. The monoisotopic (exact) mass is 267 g/mol. The van der Waals surface area contributed by atoms with E-state index in [9.17, 15) is 4.79 Å². The van der Waals surface area contributed by atoms with Gasteiger partial charge in [0.05, 0.1) is 10.3 Å². The molecule has 0 saturated heterocycles. The van der Waals surface area contributed by atoms with Gasteiger partial charge in [0.25, 0.3) is 0 Å². The molecule has 0 aliphatic carbocycles. The number of nitrogens with zero attached hydrogens (tertiary/aromatic N) is 1.